The predicted molar refractivity (Wildman–Crippen MR) is 83.9 cm³/mol. The Labute approximate surface area is 130 Å². The smallest absolute Gasteiger partial charge is 0.251 e. The van der Waals surface area contributed by atoms with Crippen molar-refractivity contribution in [1.29, 1.82) is 0 Å². The van der Waals surface area contributed by atoms with Crippen LogP contribution in [0.4, 0.5) is 0 Å². The number of amides is 1. The molecule has 5 nitrogen and oxygen atoms in total. The van der Waals surface area contributed by atoms with Gasteiger partial charge in [-0.05, 0) is 37.5 Å². The third-order valence-electron chi connectivity index (χ3n) is 3.72. The molecule has 2 atom stereocenters. The lowest BCUT2D eigenvalue weighted by molar-refractivity contribution is 0.0928. The van der Waals surface area contributed by atoms with Crippen molar-refractivity contribution >= 4 is 27.5 Å². The zero-order chi connectivity index (χ0) is 16.4. The lowest BCUT2D eigenvalue weighted by atomic mass is 10.0. The van der Waals surface area contributed by atoms with Crippen LogP contribution >= 0.6 is 11.6 Å². The molecule has 0 aliphatic heterocycles. The average molecular weight is 333 g/mol. The van der Waals surface area contributed by atoms with Crippen LogP contribution in [0.3, 0.4) is 0 Å². The van der Waals surface area contributed by atoms with Crippen molar-refractivity contribution in [2.75, 3.05) is 0 Å². The van der Waals surface area contributed by atoms with Crippen LogP contribution in [0, 0.1) is 12.8 Å². The first kappa shape index (κ1) is 17.9. The molecule has 1 aromatic rings. The predicted octanol–water partition coefficient (Wildman–Crippen LogP) is 2.46. The standard InChI is InChI=1S/C14H21ClN2O3S/c1-5-8(2)10(4)17-14(18)11-6-12(15)9(3)13(7-11)21(16,19)20/h6-8,10H,5H2,1-4H3,(H,17,18)(H2,16,19,20). The second-order valence-electron chi connectivity index (χ2n) is 5.27. The summed E-state index contributed by atoms with van der Waals surface area (Å²) in [5.74, 6) is -0.0535. The maximum absolute atomic E-state index is 12.2. The van der Waals surface area contributed by atoms with E-state index in [-0.39, 0.29) is 27.4 Å². The first-order valence-electron chi connectivity index (χ1n) is 6.71. The number of primary sulfonamides is 1. The molecule has 0 saturated carbocycles. The molecule has 0 radical (unpaired) electrons. The highest BCUT2D eigenvalue weighted by Crippen LogP contribution is 2.24. The summed E-state index contributed by atoms with van der Waals surface area (Å²) < 4.78 is 23.1. The molecular weight excluding hydrogens is 312 g/mol. The molecular formula is C14H21ClN2O3S. The first-order valence-corrected chi connectivity index (χ1v) is 8.64. The van der Waals surface area contributed by atoms with E-state index < -0.39 is 10.0 Å². The van der Waals surface area contributed by atoms with Crippen molar-refractivity contribution in [3.05, 3.63) is 28.3 Å². The van der Waals surface area contributed by atoms with Crippen molar-refractivity contribution in [2.45, 2.75) is 45.1 Å². The number of hydrogen-bond donors (Lipinski definition) is 2. The highest BCUT2D eigenvalue weighted by molar-refractivity contribution is 7.89. The Morgan fingerprint density at radius 2 is 1.95 bits per heavy atom. The lowest BCUT2D eigenvalue weighted by Crippen LogP contribution is -2.37. The van der Waals surface area contributed by atoms with Gasteiger partial charge in [0.25, 0.3) is 5.91 Å². The second kappa shape index (κ2) is 6.77. The van der Waals surface area contributed by atoms with E-state index in [2.05, 4.69) is 5.32 Å². The number of carbonyl (C=O) groups is 1. The van der Waals surface area contributed by atoms with Crippen molar-refractivity contribution in [1.82, 2.24) is 5.32 Å². The largest absolute Gasteiger partial charge is 0.349 e. The average Bonchev–Trinajstić information content (AvgIpc) is 2.38. The van der Waals surface area contributed by atoms with Gasteiger partial charge in [0.2, 0.25) is 10.0 Å². The molecule has 1 aromatic carbocycles. The van der Waals surface area contributed by atoms with Crippen molar-refractivity contribution in [2.24, 2.45) is 11.1 Å². The number of sulfonamides is 1. The van der Waals surface area contributed by atoms with E-state index in [1.54, 1.807) is 6.92 Å². The fourth-order valence-corrected chi connectivity index (χ4v) is 2.97. The van der Waals surface area contributed by atoms with E-state index in [9.17, 15) is 13.2 Å². The van der Waals surface area contributed by atoms with Gasteiger partial charge in [0, 0.05) is 16.6 Å². The topological polar surface area (TPSA) is 89.3 Å². The molecule has 0 fully saturated rings. The molecule has 0 bridgehead atoms. The van der Waals surface area contributed by atoms with Crippen LogP contribution in [0.25, 0.3) is 0 Å². The molecule has 0 spiro atoms. The highest BCUT2D eigenvalue weighted by Gasteiger charge is 2.20. The van der Waals surface area contributed by atoms with Crippen LogP contribution in [-0.2, 0) is 10.0 Å². The Morgan fingerprint density at radius 1 is 1.38 bits per heavy atom. The fourth-order valence-electron chi connectivity index (χ4n) is 1.87. The van der Waals surface area contributed by atoms with Gasteiger partial charge < -0.3 is 5.32 Å². The minimum Gasteiger partial charge on any atom is -0.349 e. The van der Waals surface area contributed by atoms with E-state index >= 15 is 0 Å². The third-order valence-corrected chi connectivity index (χ3v) is 5.15. The molecule has 0 heterocycles. The zero-order valence-corrected chi connectivity index (χ0v) is 14.2. The number of hydrogen-bond acceptors (Lipinski definition) is 3. The molecule has 0 aromatic heterocycles. The second-order valence-corrected chi connectivity index (χ2v) is 7.21. The van der Waals surface area contributed by atoms with Crippen LogP contribution in [0.1, 0.15) is 43.1 Å². The number of rotatable bonds is 5. The Bertz CT molecular complexity index is 644. The fraction of sp³-hybridized carbons (Fsp3) is 0.500. The van der Waals surface area contributed by atoms with Gasteiger partial charge in [-0.1, -0.05) is 31.9 Å². The summed E-state index contributed by atoms with van der Waals surface area (Å²) in [5, 5.41) is 8.18. The lowest BCUT2D eigenvalue weighted by Gasteiger charge is -2.20. The van der Waals surface area contributed by atoms with E-state index in [1.807, 2.05) is 20.8 Å². The van der Waals surface area contributed by atoms with E-state index in [0.717, 1.165) is 6.42 Å². The first-order chi connectivity index (χ1) is 9.57. The van der Waals surface area contributed by atoms with Gasteiger partial charge in [0.05, 0.1) is 4.90 Å². The minimum absolute atomic E-state index is 0.0273. The molecule has 3 N–H and O–H groups in total. The maximum Gasteiger partial charge on any atom is 0.251 e. The Kier molecular flexibility index (Phi) is 5.78. The Hall–Kier alpha value is -1.11. The summed E-state index contributed by atoms with van der Waals surface area (Å²) in [4.78, 5) is 12.1. The SMILES string of the molecule is CCC(C)C(C)NC(=O)c1cc(Cl)c(C)c(S(N)(=O)=O)c1. The van der Waals surface area contributed by atoms with Crippen LogP contribution < -0.4 is 10.5 Å². The number of carbonyl (C=O) groups excluding carboxylic acids is 1. The molecule has 21 heavy (non-hydrogen) atoms. The van der Waals surface area contributed by atoms with Gasteiger partial charge in [0.1, 0.15) is 0 Å². The Balaban J connectivity index is 3.15. The molecule has 0 aliphatic carbocycles. The summed E-state index contributed by atoms with van der Waals surface area (Å²) in [5.41, 5.74) is 0.524. The van der Waals surface area contributed by atoms with Crippen LogP contribution in [0.15, 0.2) is 17.0 Å². The zero-order valence-electron chi connectivity index (χ0n) is 12.6. The normalized spacial score (nSPS) is 14.6. The molecule has 118 valence electrons. The molecule has 0 saturated heterocycles. The molecule has 1 rings (SSSR count). The number of nitrogens with one attached hydrogen (secondary N) is 1. The number of nitrogens with two attached hydrogens (primary N) is 1. The van der Waals surface area contributed by atoms with Crippen LogP contribution in [0.2, 0.25) is 5.02 Å². The summed E-state index contributed by atoms with van der Waals surface area (Å²) in [7, 11) is -3.93. The van der Waals surface area contributed by atoms with Gasteiger partial charge in [-0.3, -0.25) is 4.79 Å². The van der Waals surface area contributed by atoms with Gasteiger partial charge in [-0.2, -0.15) is 0 Å². The third kappa shape index (κ3) is 4.43. The number of benzene rings is 1. The number of halogens is 1. The van der Waals surface area contributed by atoms with E-state index in [0.29, 0.717) is 11.5 Å². The molecule has 1 amide bonds. The maximum atomic E-state index is 12.2. The molecule has 0 aliphatic rings. The molecule has 7 heteroatoms. The van der Waals surface area contributed by atoms with Crippen LogP contribution in [0.5, 0.6) is 0 Å². The van der Waals surface area contributed by atoms with Crippen molar-refractivity contribution < 1.29 is 13.2 Å². The van der Waals surface area contributed by atoms with Gasteiger partial charge in [0.15, 0.2) is 0 Å². The van der Waals surface area contributed by atoms with Gasteiger partial charge in [-0.15, -0.1) is 0 Å². The highest BCUT2D eigenvalue weighted by atomic mass is 35.5. The summed E-state index contributed by atoms with van der Waals surface area (Å²) in [6, 6.07) is 2.68. The quantitative estimate of drug-likeness (QED) is 0.867. The van der Waals surface area contributed by atoms with Crippen molar-refractivity contribution in [3.63, 3.8) is 0 Å². The van der Waals surface area contributed by atoms with Gasteiger partial charge >= 0.3 is 0 Å². The molecule has 2 unspecified atom stereocenters. The Morgan fingerprint density at radius 3 is 2.43 bits per heavy atom. The van der Waals surface area contributed by atoms with Crippen molar-refractivity contribution in [3.8, 4) is 0 Å². The minimum atomic E-state index is -3.93. The summed E-state index contributed by atoms with van der Waals surface area (Å²) >= 11 is 6.00. The van der Waals surface area contributed by atoms with Gasteiger partial charge in [-0.25, -0.2) is 13.6 Å². The van der Waals surface area contributed by atoms with E-state index in [1.165, 1.54) is 12.1 Å². The van der Waals surface area contributed by atoms with E-state index in [4.69, 9.17) is 16.7 Å². The van der Waals surface area contributed by atoms with Crippen LogP contribution in [-0.4, -0.2) is 20.4 Å². The monoisotopic (exact) mass is 332 g/mol. The summed E-state index contributed by atoms with van der Waals surface area (Å²) in [6.07, 6.45) is 0.929. The summed E-state index contributed by atoms with van der Waals surface area (Å²) in [6.45, 7) is 7.52.